The number of urea groups is 1. The Kier molecular flexibility index (Phi) is 4.54. The topological polar surface area (TPSA) is 46.5 Å². The van der Waals surface area contributed by atoms with Crippen LogP contribution >= 0.6 is 0 Å². The maximum atomic E-state index is 14.0. The first-order valence-electron chi connectivity index (χ1n) is 8.78. The predicted octanol–water partition coefficient (Wildman–Crippen LogP) is 4.27. The quantitative estimate of drug-likeness (QED) is 0.753. The number of fused-ring (bicyclic) bond motifs is 1. The van der Waals surface area contributed by atoms with E-state index in [2.05, 4.69) is 9.88 Å². The van der Waals surface area contributed by atoms with E-state index in [0.29, 0.717) is 13.1 Å². The number of benzene rings is 2. The van der Waals surface area contributed by atoms with Gasteiger partial charge in [-0.1, -0.05) is 24.3 Å². The zero-order valence-electron chi connectivity index (χ0n) is 14.9. The molecule has 6 heteroatoms. The molecule has 5 nitrogen and oxygen atoms in total. The van der Waals surface area contributed by atoms with Crippen molar-refractivity contribution in [2.24, 2.45) is 0 Å². The van der Waals surface area contributed by atoms with E-state index < -0.39 is 5.82 Å². The number of aromatic nitrogens is 1. The van der Waals surface area contributed by atoms with Crippen molar-refractivity contribution in [2.75, 3.05) is 19.0 Å². The summed E-state index contributed by atoms with van der Waals surface area (Å²) in [7, 11) is 1.62. The molecule has 1 aliphatic rings. The van der Waals surface area contributed by atoms with Gasteiger partial charge in [0, 0.05) is 25.0 Å². The fourth-order valence-electron chi connectivity index (χ4n) is 3.49. The Morgan fingerprint density at radius 1 is 1.07 bits per heavy atom. The van der Waals surface area contributed by atoms with Gasteiger partial charge in [-0.2, -0.15) is 0 Å². The van der Waals surface area contributed by atoms with Crippen LogP contribution in [-0.4, -0.2) is 29.2 Å². The van der Waals surface area contributed by atoms with Crippen LogP contribution in [0.5, 0.6) is 5.75 Å². The zero-order valence-corrected chi connectivity index (χ0v) is 14.9. The molecule has 0 radical (unpaired) electrons. The van der Waals surface area contributed by atoms with Gasteiger partial charge < -0.3 is 19.5 Å². The van der Waals surface area contributed by atoms with Gasteiger partial charge >= 0.3 is 6.03 Å². The molecular weight excluding hydrogens is 345 g/mol. The minimum absolute atomic E-state index is 0.178. The lowest BCUT2D eigenvalue weighted by atomic mass is 10.00. The highest BCUT2D eigenvalue weighted by Gasteiger charge is 2.32. The molecule has 0 unspecified atom stereocenters. The summed E-state index contributed by atoms with van der Waals surface area (Å²) in [4.78, 5) is 14.7. The van der Waals surface area contributed by atoms with Crippen molar-refractivity contribution in [3.05, 3.63) is 83.9 Å². The van der Waals surface area contributed by atoms with Crippen molar-refractivity contribution in [3.63, 3.8) is 0 Å². The number of hydrogen-bond acceptors (Lipinski definition) is 2. The second-order valence-electron chi connectivity index (χ2n) is 6.41. The Balaban J connectivity index is 1.67. The third-order valence-corrected chi connectivity index (χ3v) is 4.85. The second kappa shape index (κ2) is 7.15. The van der Waals surface area contributed by atoms with Crippen LogP contribution in [-0.2, 0) is 6.54 Å². The molecule has 2 aromatic carbocycles. The number of rotatable bonds is 3. The molecule has 1 aromatic heterocycles. The van der Waals surface area contributed by atoms with Gasteiger partial charge in [0.05, 0.1) is 18.8 Å². The Morgan fingerprint density at radius 2 is 1.85 bits per heavy atom. The SMILES string of the molecule is COc1ccc([C@H]2c3cccn3CCN2C(=O)Nc2ccccc2F)cc1. The number of methoxy groups -OCH3 is 1. The Morgan fingerprint density at radius 3 is 2.59 bits per heavy atom. The van der Waals surface area contributed by atoms with E-state index in [-0.39, 0.29) is 17.8 Å². The Hall–Kier alpha value is -3.28. The Labute approximate surface area is 157 Å². The minimum Gasteiger partial charge on any atom is -0.497 e. The molecule has 1 atom stereocenters. The van der Waals surface area contributed by atoms with Gasteiger partial charge in [0.2, 0.25) is 0 Å². The van der Waals surface area contributed by atoms with Crippen molar-refractivity contribution in [2.45, 2.75) is 12.6 Å². The van der Waals surface area contributed by atoms with E-state index in [4.69, 9.17) is 4.74 Å². The zero-order chi connectivity index (χ0) is 18.8. The third kappa shape index (κ3) is 3.26. The molecule has 0 saturated carbocycles. The summed E-state index contributed by atoms with van der Waals surface area (Å²) in [6.45, 7) is 1.22. The Bertz CT molecular complexity index is 952. The molecule has 27 heavy (non-hydrogen) atoms. The van der Waals surface area contributed by atoms with Crippen LogP contribution in [0.2, 0.25) is 0 Å². The summed E-state index contributed by atoms with van der Waals surface area (Å²) in [6.07, 6.45) is 2.01. The van der Waals surface area contributed by atoms with E-state index in [0.717, 1.165) is 17.0 Å². The average Bonchev–Trinajstić information content (AvgIpc) is 3.18. The molecule has 2 heterocycles. The van der Waals surface area contributed by atoms with Crippen LogP contribution in [0.1, 0.15) is 17.3 Å². The molecular formula is C21H20FN3O2. The molecule has 3 aromatic rings. The first kappa shape index (κ1) is 17.1. The van der Waals surface area contributed by atoms with E-state index in [1.54, 1.807) is 30.2 Å². The first-order chi connectivity index (χ1) is 13.2. The molecule has 0 bridgehead atoms. The molecule has 0 aliphatic carbocycles. The molecule has 0 fully saturated rings. The van der Waals surface area contributed by atoms with Crippen molar-refractivity contribution >= 4 is 11.7 Å². The van der Waals surface area contributed by atoms with Gasteiger partial charge in [0.15, 0.2) is 0 Å². The number of nitrogens with zero attached hydrogens (tertiary/aromatic N) is 2. The number of halogens is 1. The predicted molar refractivity (Wildman–Crippen MR) is 101 cm³/mol. The van der Waals surface area contributed by atoms with Crippen molar-refractivity contribution in [1.82, 2.24) is 9.47 Å². The van der Waals surface area contributed by atoms with E-state index >= 15 is 0 Å². The second-order valence-corrected chi connectivity index (χ2v) is 6.41. The van der Waals surface area contributed by atoms with Crippen LogP contribution in [0, 0.1) is 5.82 Å². The number of hydrogen-bond donors (Lipinski definition) is 1. The number of para-hydroxylation sites is 1. The lowest BCUT2D eigenvalue weighted by Crippen LogP contribution is -2.44. The van der Waals surface area contributed by atoms with Gasteiger partial charge in [0.25, 0.3) is 0 Å². The summed E-state index contributed by atoms with van der Waals surface area (Å²) in [5.74, 6) is 0.305. The number of nitrogens with one attached hydrogen (secondary N) is 1. The maximum absolute atomic E-state index is 14.0. The lowest BCUT2D eigenvalue weighted by Gasteiger charge is -2.37. The van der Waals surface area contributed by atoms with Crippen LogP contribution in [0.4, 0.5) is 14.9 Å². The normalized spacial score (nSPS) is 15.9. The molecule has 0 spiro atoms. The minimum atomic E-state index is -0.452. The number of anilines is 1. The van der Waals surface area contributed by atoms with Gasteiger partial charge in [-0.25, -0.2) is 9.18 Å². The van der Waals surface area contributed by atoms with Crippen molar-refractivity contribution < 1.29 is 13.9 Å². The van der Waals surface area contributed by atoms with E-state index in [1.165, 1.54) is 6.07 Å². The highest BCUT2D eigenvalue weighted by Crippen LogP contribution is 2.33. The van der Waals surface area contributed by atoms with Gasteiger partial charge in [-0.3, -0.25) is 0 Å². The highest BCUT2D eigenvalue weighted by molar-refractivity contribution is 5.90. The van der Waals surface area contributed by atoms with E-state index in [9.17, 15) is 9.18 Å². The largest absolute Gasteiger partial charge is 0.497 e. The number of ether oxygens (including phenoxy) is 1. The monoisotopic (exact) mass is 365 g/mol. The number of amides is 2. The summed E-state index contributed by atoms with van der Waals surface area (Å²) in [5, 5.41) is 2.70. The van der Waals surface area contributed by atoms with Crippen molar-refractivity contribution in [1.29, 1.82) is 0 Å². The number of carbonyl (C=O) groups excluding carboxylic acids is 1. The van der Waals surface area contributed by atoms with Gasteiger partial charge in [0.1, 0.15) is 11.6 Å². The lowest BCUT2D eigenvalue weighted by molar-refractivity contribution is 0.181. The summed E-state index contributed by atoms with van der Waals surface area (Å²) in [5.41, 5.74) is 2.17. The van der Waals surface area contributed by atoms with Crippen LogP contribution < -0.4 is 10.1 Å². The fraction of sp³-hybridized carbons (Fsp3) is 0.190. The highest BCUT2D eigenvalue weighted by atomic mass is 19.1. The summed E-state index contributed by atoms with van der Waals surface area (Å²) in [6, 6.07) is 17.3. The molecule has 0 saturated heterocycles. The van der Waals surface area contributed by atoms with Crippen LogP contribution in [0.15, 0.2) is 66.9 Å². The molecule has 138 valence electrons. The average molecular weight is 365 g/mol. The maximum Gasteiger partial charge on any atom is 0.322 e. The van der Waals surface area contributed by atoms with Crippen LogP contribution in [0.25, 0.3) is 0 Å². The van der Waals surface area contributed by atoms with Crippen LogP contribution in [0.3, 0.4) is 0 Å². The smallest absolute Gasteiger partial charge is 0.322 e. The molecule has 2 amide bonds. The molecule has 4 rings (SSSR count). The standard InChI is InChI=1S/C21H20FN3O2/c1-27-16-10-8-15(9-11-16)20-19-7-4-12-24(19)13-14-25(20)21(26)23-18-6-3-2-5-17(18)22/h2-12,20H,13-14H2,1H3,(H,23,26)/t20-/m0/s1. The summed E-state index contributed by atoms with van der Waals surface area (Å²) >= 11 is 0. The first-order valence-corrected chi connectivity index (χ1v) is 8.78. The van der Waals surface area contributed by atoms with Gasteiger partial charge in [-0.15, -0.1) is 0 Å². The number of carbonyl (C=O) groups is 1. The third-order valence-electron chi connectivity index (χ3n) is 4.85. The molecule has 1 N–H and O–H groups in total. The van der Waals surface area contributed by atoms with Gasteiger partial charge in [-0.05, 0) is 42.0 Å². The van der Waals surface area contributed by atoms with Crippen molar-refractivity contribution in [3.8, 4) is 5.75 Å². The molecule has 1 aliphatic heterocycles. The van der Waals surface area contributed by atoms with E-state index in [1.807, 2.05) is 42.6 Å². The fourth-order valence-corrected chi connectivity index (χ4v) is 3.49. The summed E-state index contributed by atoms with van der Waals surface area (Å²) < 4.78 is 21.3.